The number of Topliss-reactive ketones (excluding diaryl/α,β-unsaturated/α-hetero) is 1. The second-order valence-electron chi connectivity index (χ2n) is 9.75. The first-order chi connectivity index (χ1) is 21.3. The van der Waals surface area contributed by atoms with E-state index in [0.717, 1.165) is 18.4 Å². The van der Waals surface area contributed by atoms with Crippen LogP contribution in [0.4, 0.5) is 5.13 Å². The molecular weight excluding hydrogens is 641 g/mol. The normalized spacial score (nSPS) is 16.0. The second kappa shape index (κ2) is 14.5. The highest BCUT2D eigenvalue weighted by Gasteiger charge is 2.48. The number of ether oxygens (including phenoxy) is 2. The summed E-state index contributed by atoms with van der Waals surface area (Å²) in [6, 6.07) is 18.1. The third kappa shape index (κ3) is 6.89. The molecule has 0 radical (unpaired) electrons. The Kier molecular flexibility index (Phi) is 10.5. The maximum Gasteiger partial charge on any atom is 0.301 e. The lowest BCUT2D eigenvalue weighted by molar-refractivity contribution is -0.132. The Morgan fingerprint density at radius 2 is 1.77 bits per heavy atom. The zero-order chi connectivity index (χ0) is 31.2. The van der Waals surface area contributed by atoms with Crippen LogP contribution < -0.4 is 14.4 Å². The number of thioether (sulfide) groups is 1. The Balaban J connectivity index is 1.57. The van der Waals surface area contributed by atoms with Gasteiger partial charge in [0.15, 0.2) is 15.8 Å². The molecule has 1 aliphatic rings. The second-order valence-corrected chi connectivity index (χ2v) is 12.8. The van der Waals surface area contributed by atoms with Crippen LogP contribution in [-0.4, -0.2) is 40.2 Å². The summed E-state index contributed by atoms with van der Waals surface area (Å²) in [7, 11) is 0. The first-order valence-electron chi connectivity index (χ1n) is 14.0. The van der Waals surface area contributed by atoms with E-state index in [1.54, 1.807) is 42.5 Å². The minimum absolute atomic E-state index is 0.0834. The number of carbonyl (C=O) groups excluding carboxylic acids is 2. The van der Waals surface area contributed by atoms with E-state index in [9.17, 15) is 14.7 Å². The lowest BCUT2D eigenvalue weighted by Crippen LogP contribution is -2.29. The lowest BCUT2D eigenvalue weighted by atomic mass is 9.95. The molecule has 2 heterocycles. The predicted octanol–water partition coefficient (Wildman–Crippen LogP) is 8.34. The number of ketones is 1. The quantitative estimate of drug-likeness (QED) is 0.0401. The molecule has 12 heteroatoms. The monoisotopic (exact) mass is 669 g/mol. The smallest absolute Gasteiger partial charge is 0.301 e. The van der Waals surface area contributed by atoms with Gasteiger partial charge in [-0.1, -0.05) is 83.9 Å². The molecule has 0 aliphatic carbocycles. The summed E-state index contributed by atoms with van der Waals surface area (Å²) in [5.41, 5.74) is 1.73. The molecule has 228 valence electrons. The van der Waals surface area contributed by atoms with Gasteiger partial charge in [-0.2, -0.15) is 0 Å². The highest BCUT2D eigenvalue weighted by atomic mass is 35.5. The van der Waals surface area contributed by atoms with Crippen molar-refractivity contribution >= 4 is 68.9 Å². The number of carbonyl (C=O) groups is 2. The summed E-state index contributed by atoms with van der Waals surface area (Å²) < 4.78 is 12.4. The SMILES string of the molecule is CCCCOc1ccc(C2C(=C(O)c3ccc(Cl)cc3)C(=O)C(=O)N2c2nnc(SCc3ccccc3Cl)s2)cc1OCC. The molecule has 1 aromatic heterocycles. The maximum absolute atomic E-state index is 13.6. The van der Waals surface area contributed by atoms with Gasteiger partial charge < -0.3 is 14.6 Å². The van der Waals surface area contributed by atoms with Crippen molar-refractivity contribution in [2.75, 3.05) is 18.1 Å². The standard InChI is InChI=1S/C32H29Cl2N3O5S2/c1-3-5-16-42-24-15-12-20(17-25(24)41-4-2)27-26(28(38)19-10-13-22(33)14-11-19)29(39)30(40)37(27)31-35-36-32(44-31)43-18-21-8-6-7-9-23(21)34/h6-15,17,27,38H,3-5,16,18H2,1-2H3. The molecule has 1 N–H and O–H groups in total. The molecule has 1 aliphatic heterocycles. The van der Waals surface area contributed by atoms with Crippen LogP contribution in [0.25, 0.3) is 5.76 Å². The number of rotatable bonds is 12. The third-order valence-electron chi connectivity index (χ3n) is 6.81. The van der Waals surface area contributed by atoms with Crippen LogP contribution in [0.5, 0.6) is 11.5 Å². The molecule has 4 aromatic rings. The van der Waals surface area contributed by atoms with Crippen LogP contribution in [0.2, 0.25) is 10.0 Å². The summed E-state index contributed by atoms with van der Waals surface area (Å²) in [4.78, 5) is 28.5. The predicted molar refractivity (Wildman–Crippen MR) is 175 cm³/mol. The van der Waals surface area contributed by atoms with Crippen LogP contribution >= 0.6 is 46.3 Å². The number of nitrogens with zero attached hydrogens (tertiary/aromatic N) is 3. The van der Waals surface area contributed by atoms with E-state index >= 15 is 0 Å². The van der Waals surface area contributed by atoms with Crippen molar-refractivity contribution in [3.63, 3.8) is 0 Å². The minimum Gasteiger partial charge on any atom is -0.507 e. The van der Waals surface area contributed by atoms with Gasteiger partial charge in [0, 0.05) is 21.4 Å². The van der Waals surface area contributed by atoms with Crippen molar-refractivity contribution < 1.29 is 24.2 Å². The number of aliphatic hydroxyl groups is 1. The Morgan fingerprint density at radius 1 is 1.00 bits per heavy atom. The Morgan fingerprint density at radius 3 is 2.50 bits per heavy atom. The molecule has 0 spiro atoms. The largest absolute Gasteiger partial charge is 0.507 e. The van der Waals surface area contributed by atoms with Crippen LogP contribution in [0.15, 0.2) is 76.6 Å². The van der Waals surface area contributed by atoms with Crippen molar-refractivity contribution in [2.45, 2.75) is 42.8 Å². The Labute approximate surface area is 273 Å². The van der Waals surface area contributed by atoms with Gasteiger partial charge in [-0.05, 0) is 66.9 Å². The van der Waals surface area contributed by atoms with Crippen LogP contribution in [-0.2, 0) is 15.3 Å². The number of amides is 1. The average Bonchev–Trinajstić information content (AvgIpc) is 3.59. The Hall–Kier alpha value is -3.57. The molecule has 8 nitrogen and oxygen atoms in total. The highest BCUT2D eigenvalue weighted by Crippen LogP contribution is 2.46. The third-order valence-corrected chi connectivity index (χ3v) is 9.54. The molecule has 5 rings (SSSR count). The average molecular weight is 671 g/mol. The number of aromatic nitrogens is 2. The van der Waals surface area contributed by atoms with Crippen molar-refractivity contribution in [3.8, 4) is 11.5 Å². The molecular formula is C32H29Cl2N3O5S2. The van der Waals surface area contributed by atoms with Crippen molar-refractivity contribution in [1.29, 1.82) is 0 Å². The summed E-state index contributed by atoms with van der Waals surface area (Å²) >= 11 is 15.0. The van der Waals surface area contributed by atoms with Crippen LogP contribution in [0, 0.1) is 0 Å². The highest BCUT2D eigenvalue weighted by molar-refractivity contribution is 8.00. The van der Waals surface area contributed by atoms with Gasteiger partial charge in [0.05, 0.1) is 24.8 Å². The molecule has 0 saturated carbocycles. The number of unbranched alkanes of at least 4 members (excludes halogenated alkanes) is 1. The molecule has 3 aromatic carbocycles. The maximum atomic E-state index is 13.6. The van der Waals surface area contributed by atoms with E-state index < -0.39 is 17.7 Å². The van der Waals surface area contributed by atoms with Gasteiger partial charge in [0.25, 0.3) is 5.78 Å². The zero-order valence-electron chi connectivity index (χ0n) is 24.0. The fourth-order valence-electron chi connectivity index (χ4n) is 4.63. The molecule has 1 unspecified atom stereocenters. The van der Waals surface area contributed by atoms with E-state index in [2.05, 4.69) is 17.1 Å². The van der Waals surface area contributed by atoms with Gasteiger partial charge in [-0.15, -0.1) is 10.2 Å². The zero-order valence-corrected chi connectivity index (χ0v) is 27.1. The van der Waals surface area contributed by atoms with Gasteiger partial charge in [0.2, 0.25) is 5.13 Å². The number of hydrogen-bond acceptors (Lipinski definition) is 9. The first-order valence-corrected chi connectivity index (χ1v) is 16.5. The van der Waals surface area contributed by atoms with E-state index in [-0.39, 0.29) is 16.5 Å². The van der Waals surface area contributed by atoms with E-state index in [1.165, 1.54) is 28.0 Å². The molecule has 1 atom stereocenters. The fourth-order valence-corrected chi connectivity index (χ4v) is 6.91. The van der Waals surface area contributed by atoms with Crippen molar-refractivity contribution in [3.05, 3.63) is 99.0 Å². The molecule has 1 saturated heterocycles. The number of hydrogen-bond donors (Lipinski definition) is 1. The topological polar surface area (TPSA) is 102 Å². The first kappa shape index (κ1) is 31.8. The fraction of sp³-hybridized carbons (Fsp3) is 0.250. The van der Waals surface area contributed by atoms with Crippen molar-refractivity contribution in [2.24, 2.45) is 0 Å². The summed E-state index contributed by atoms with van der Waals surface area (Å²) in [6.45, 7) is 4.83. The van der Waals surface area contributed by atoms with Gasteiger partial charge in [0.1, 0.15) is 5.76 Å². The minimum atomic E-state index is -1.01. The number of halogens is 2. The molecule has 0 bridgehead atoms. The summed E-state index contributed by atoms with van der Waals surface area (Å²) in [5, 5.41) is 21.3. The Bertz CT molecular complexity index is 1690. The van der Waals surface area contributed by atoms with E-state index in [4.69, 9.17) is 32.7 Å². The van der Waals surface area contributed by atoms with Crippen LogP contribution in [0.3, 0.4) is 0 Å². The summed E-state index contributed by atoms with van der Waals surface area (Å²) in [5.74, 6) is -0.440. The van der Waals surface area contributed by atoms with Crippen molar-refractivity contribution in [1.82, 2.24) is 10.2 Å². The van der Waals surface area contributed by atoms with Gasteiger partial charge in [-0.25, -0.2) is 0 Å². The molecule has 1 fully saturated rings. The van der Waals surface area contributed by atoms with Gasteiger partial charge in [-0.3, -0.25) is 14.5 Å². The summed E-state index contributed by atoms with van der Waals surface area (Å²) in [6.07, 6.45) is 1.85. The number of aliphatic hydroxyl groups excluding tert-OH is 1. The lowest BCUT2D eigenvalue weighted by Gasteiger charge is -2.23. The van der Waals surface area contributed by atoms with Gasteiger partial charge >= 0.3 is 5.91 Å². The molecule has 1 amide bonds. The number of benzene rings is 3. The number of anilines is 1. The van der Waals surface area contributed by atoms with E-state index in [0.29, 0.717) is 56.0 Å². The van der Waals surface area contributed by atoms with Crippen LogP contribution in [0.1, 0.15) is 49.4 Å². The van der Waals surface area contributed by atoms with E-state index in [1.807, 2.05) is 31.2 Å². The molecule has 44 heavy (non-hydrogen) atoms.